The molecule has 13 rings (SSSR count). The third kappa shape index (κ3) is 5.39. The van der Waals surface area contributed by atoms with Gasteiger partial charge in [-0.15, -0.1) is 0 Å². The van der Waals surface area contributed by atoms with Gasteiger partial charge in [0.1, 0.15) is 0 Å². The first-order valence-corrected chi connectivity index (χ1v) is 22.8. The van der Waals surface area contributed by atoms with Crippen molar-refractivity contribution in [3.8, 4) is 66.8 Å². The summed E-state index contributed by atoms with van der Waals surface area (Å²) in [7, 11) is 0. The summed E-state index contributed by atoms with van der Waals surface area (Å²) < 4.78 is 0. The molecule has 1 heteroatoms. The van der Waals surface area contributed by atoms with Crippen LogP contribution in [-0.4, -0.2) is 0 Å². The zero-order chi connectivity index (χ0) is 43.3. The zero-order valence-electron chi connectivity index (χ0n) is 36.5. The van der Waals surface area contributed by atoms with Crippen LogP contribution in [0, 0.1) is 0 Å². The summed E-state index contributed by atoms with van der Waals surface area (Å²) >= 11 is 0. The Kier molecular flexibility index (Phi) is 8.24. The van der Waals surface area contributed by atoms with E-state index in [2.05, 4.69) is 255 Å². The van der Waals surface area contributed by atoms with Crippen LogP contribution in [0.4, 0.5) is 17.1 Å². The summed E-state index contributed by atoms with van der Waals surface area (Å²) in [6.07, 6.45) is 0. The molecule has 0 N–H and O–H groups in total. The van der Waals surface area contributed by atoms with Crippen LogP contribution in [-0.2, 0) is 10.8 Å². The summed E-state index contributed by atoms with van der Waals surface area (Å²) in [6, 6.07) is 88.4. The largest absolute Gasteiger partial charge is 0.309 e. The van der Waals surface area contributed by atoms with Crippen LogP contribution in [0.3, 0.4) is 0 Å². The second kappa shape index (κ2) is 14.3. The summed E-state index contributed by atoms with van der Waals surface area (Å²) in [6.45, 7) is 4.76. The average molecular weight is 828 g/mol. The molecule has 3 aliphatic rings. The van der Waals surface area contributed by atoms with Crippen molar-refractivity contribution in [2.45, 2.75) is 24.7 Å². The van der Waals surface area contributed by atoms with Gasteiger partial charge in [-0.1, -0.05) is 214 Å². The van der Waals surface area contributed by atoms with E-state index < -0.39 is 5.41 Å². The van der Waals surface area contributed by atoms with Gasteiger partial charge in [0.25, 0.3) is 0 Å². The first kappa shape index (κ1) is 37.5. The second-order valence-corrected chi connectivity index (χ2v) is 18.4. The van der Waals surface area contributed by atoms with Gasteiger partial charge in [0.15, 0.2) is 0 Å². The van der Waals surface area contributed by atoms with E-state index in [1.165, 1.54) is 112 Å². The van der Waals surface area contributed by atoms with E-state index in [1.807, 2.05) is 0 Å². The second-order valence-electron chi connectivity index (χ2n) is 18.4. The van der Waals surface area contributed by atoms with Gasteiger partial charge in [-0.25, -0.2) is 0 Å². The van der Waals surface area contributed by atoms with E-state index in [9.17, 15) is 0 Å². The molecule has 0 atom stereocenters. The fraction of sp³-hybridized carbons (Fsp3) is 0.0625. The Morgan fingerprint density at radius 3 is 1.23 bits per heavy atom. The molecule has 0 bridgehead atoms. The molecule has 1 nitrogen and oxygen atoms in total. The van der Waals surface area contributed by atoms with Crippen LogP contribution >= 0.6 is 0 Å². The molecule has 0 aliphatic heterocycles. The van der Waals surface area contributed by atoms with Crippen LogP contribution in [0.2, 0.25) is 0 Å². The number of anilines is 3. The maximum atomic E-state index is 2.57. The molecule has 10 aromatic carbocycles. The van der Waals surface area contributed by atoms with Crippen molar-refractivity contribution in [1.82, 2.24) is 0 Å². The highest BCUT2D eigenvalue weighted by Gasteiger charge is 2.53. The smallest absolute Gasteiger partial charge is 0.0726 e. The van der Waals surface area contributed by atoms with E-state index in [-0.39, 0.29) is 5.41 Å². The summed E-state index contributed by atoms with van der Waals surface area (Å²) in [5.74, 6) is 0. The highest BCUT2D eigenvalue weighted by molar-refractivity contribution is 6.04. The van der Waals surface area contributed by atoms with Gasteiger partial charge in [0, 0.05) is 22.2 Å². The number of hydrogen-bond donors (Lipinski definition) is 0. The van der Waals surface area contributed by atoms with Crippen molar-refractivity contribution in [3.63, 3.8) is 0 Å². The van der Waals surface area contributed by atoms with Crippen LogP contribution in [0.5, 0.6) is 0 Å². The van der Waals surface area contributed by atoms with E-state index in [4.69, 9.17) is 0 Å². The Bertz CT molecular complexity index is 3400. The Morgan fingerprint density at radius 2 is 0.677 bits per heavy atom. The van der Waals surface area contributed by atoms with Crippen LogP contribution in [0.25, 0.3) is 66.8 Å². The minimum atomic E-state index is -0.571. The van der Waals surface area contributed by atoms with Gasteiger partial charge in [-0.2, -0.15) is 0 Å². The Balaban J connectivity index is 1.12. The topological polar surface area (TPSA) is 3.24 Å². The van der Waals surface area contributed by atoms with Gasteiger partial charge in [0.2, 0.25) is 0 Å². The monoisotopic (exact) mass is 827 g/mol. The molecule has 0 unspecified atom stereocenters. The van der Waals surface area contributed by atoms with Gasteiger partial charge in [-0.3, -0.25) is 0 Å². The standard InChI is InChI=1S/C64H45N/c1-63(2)53-26-14-12-24-51(53)61-55(63)28-16-30-59(61)65(48-36-32-45(33-37-48)42-18-6-3-7-19-42)60-31-17-29-56-62(60)52-25-13-15-27-54(52)64(56)57-40-46(43-20-8-4-9-21-43)34-38-49(57)50-39-35-47(41-58(50)64)44-22-10-5-11-23-44/h3-41H,1-2H3. The molecule has 10 aromatic rings. The minimum Gasteiger partial charge on any atom is -0.309 e. The molecule has 65 heavy (non-hydrogen) atoms. The van der Waals surface area contributed by atoms with Crippen LogP contribution in [0.15, 0.2) is 237 Å². The van der Waals surface area contributed by atoms with Crippen molar-refractivity contribution >= 4 is 17.1 Å². The number of benzene rings is 10. The summed E-state index contributed by atoms with van der Waals surface area (Å²) in [5.41, 5.74) is 25.8. The normalized spacial score (nSPS) is 13.9. The predicted molar refractivity (Wildman–Crippen MR) is 271 cm³/mol. The lowest BCUT2D eigenvalue weighted by molar-refractivity contribution is 0.660. The summed E-state index contributed by atoms with van der Waals surface area (Å²) in [4.78, 5) is 2.57. The zero-order valence-corrected chi connectivity index (χ0v) is 36.5. The van der Waals surface area contributed by atoms with E-state index in [0.29, 0.717) is 0 Å². The SMILES string of the molecule is CC1(C)c2ccccc2-c2c(N(c3ccc(-c4ccccc4)cc3)c3cccc4c3-c3ccccc3C43c4cc(-c5ccccc5)ccc4-c4ccc(-c5ccccc5)cc43)cccc21. The van der Waals surface area contributed by atoms with Crippen LogP contribution in [0.1, 0.15) is 47.2 Å². The first-order valence-electron chi connectivity index (χ1n) is 22.8. The van der Waals surface area contributed by atoms with Crippen molar-refractivity contribution < 1.29 is 0 Å². The number of rotatable bonds is 6. The molecule has 0 radical (unpaired) electrons. The highest BCUT2D eigenvalue weighted by Crippen LogP contribution is 2.66. The molecular weight excluding hydrogens is 783 g/mol. The van der Waals surface area contributed by atoms with Crippen LogP contribution < -0.4 is 4.90 Å². The van der Waals surface area contributed by atoms with Crippen molar-refractivity contribution in [2.75, 3.05) is 4.90 Å². The third-order valence-corrected chi connectivity index (χ3v) is 14.7. The first-order chi connectivity index (χ1) is 32.0. The quantitative estimate of drug-likeness (QED) is 0.161. The molecule has 0 aromatic heterocycles. The number of fused-ring (bicyclic) bond motifs is 13. The predicted octanol–water partition coefficient (Wildman–Crippen LogP) is 16.8. The highest BCUT2D eigenvalue weighted by atomic mass is 15.1. The lowest BCUT2D eigenvalue weighted by Gasteiger charge is -2.33. The Morgan fingerprint density at radius 1 is 0.277 bits per heavy atom. The van der Waals surface area contributed by atoms with Gasteiger partial charge in [-0.05, 0) is 125 Å². The van der Waals surface area contributed by atoms with E-state index in [1.54, 1.807) is 0 Å². The lowest BCUT2D eigenvalue weighted by atomic mass is 9.70. The van der Waals surface area contributed by atoms with Crippen molar-refractivity contribution in [1.29, 1.82) is 0 Å². The summed E-state index contributed by atoms with van der Waals surface area (Å²) in [5, 5.41) is 0. The van der Waals surface area contributed by atoms with E-state index >= 15 is 0 Å². The molecule has 0 fully saturated rings. The fourth-order valence-corrected chi connectivity index (χ4v) is 11.8. The molecule has 0 saturated carbocycles. The molecule has 306 valence electrons. The Labute approximate surface area is 381 Å². The number of hydrogen-bond acceptors (Lipinski definition) is 1. The third-order valence-electron chi connectivity index (χ3n) is 14.7. The van der Waals surface area contributed by atoms with Crippen molar-refractivity contribution in [3.05, 3.63) is 270 Å². The van der Waals surface area contributed by atoms with Gasteiger partial charge >= 0.3 is 0 Å². The fourth-order valence-electron chi connectivity index (χ4n) is 11.8. The van der Waals surface area contributed by atoms with Gasteiger partial charge < -0.3 is 4.90 Å². The molecule has 1 spiro atoms. The molecule has 0 heterocycles. The maximum Gasteiger partial charge on any atom is 0.0726 e. The minimum absolute atomic E-state index is 0.149. The molecule has 0 saturated heterocycles. The number of nitrogens with zero attached hydrogens (tertiary/aromatic N) is 1. The molecular formula is C64H45N. The van der Waals surface area contributed by atoms with E-state index in [0.717, 1.165) is 5.69 Å². The van der Waals surface area contributed by atoms with Crippen molar-refractivity contribution in [2.24, 2.45) is 0 Å². The average Bonchev–Trinajstić information content (AvgIpc) is 3.93. The van der Waals surface area contributed by atoms with Gasteiger partial charge in [0.05, 0.1) is 16.8 Å². The lowest BCUT2D eigenvalue weighted by Crippen LogP contribution is -2.26. The Hall–Kier alpha value is -8.00. The maximum absolute atomic E-state index is 2.57. The molecule has 3 aliphatic carbocycles. The molecule has 0 amide bonds.